The number of amides is 2. The summed E-state index contributed by atoms with van der Waals surface area (Å²) in [5.41, 5.74) is 0.924. The van der Waals surface area contributed by atoms with Gasteiger partial charge in [0.05, 0.1) is 22.2 Å². The van der Waals surface area contributed by atoms with E-state index in [0.717, 1.165) is 16.7 Å². The maximum Gasteiger partial charge on any atom is 0.341 e. The van der Waals surface area contributed by atoms with Gasteiger partial charge in [0.15, 0.2) is 18.1 Å². The maximum atomic E-state index is 12.8. The third kappa shape index (κ3) is 4.72. The second-order valence-electron chi connectivity index (χ2n) is 5.79. The first kappa shape index (κ1) is 20.8. The number of thioether (sulfide) groups is 1. The molecule has 2 amide bonds. The molecule has 29 heavy (non-hydrogen) atoms. The van der Waals surface area contributed by atoms with Crippen molar-refractivity contribution in [1.82, 2.24) is 0 Å². The van der Waals surface area contributed by atoms with Crippen LogP contribution in [0.5, 0.6) is 11.5 Å². The zero-order valence-corrected chi connectivity index (χ0v) is 16.8. The van der Waals surface area contributed by atoms with Gasteiger partial charge in [0.2, 0.25) is 0 Å². The number of carboxylic acid groups (broad SMARTS) is 1. The van der Waals surface area contributed by atoms with Crippen LogP contribution < -0.4 is 14.4 Å². The molecule has 0 aromatic heterocycles. The standard InChI is InChI=1S/C20H16ClNO6S/c1-2-27-16-9-12(7-8-15(16)28-11-18(23)24)10-17-19(25)22(20(26)29-17)14-6-4-3-5-13(14)21/h3-10H,2,11H2,1H3,(H,23,24)/b17-10+. The van der Waals surface area contributed by atoms with Crippen LogP contribution in [0, 0.1) is 0 Å². The number of nitrogens with zero attached hydrogens (tertiary/aromatic N) is 1. The Morgan fingerprint density at radius 3 is 2.62 bits per heavy atom. The quantitative estimate of drug-likeness (QED) is 0.645. The van der Waals surface area contributed by atoms with E-state index in [1.807, 2.05) is 0 Å². The highest BCUT2D eigenvalue weighted by atomic mass is 35.5. The highest BCUT2D eigenvalue weighted by Crippen LogP contribution is 2.39. The molecule has 7 nitrogen and oxygen atoms in total. The zero-order chi connectivity index (χ0) is 21.0. The van der Waals surface area contributed by atoms with Crippen LogP contribution in [0.25, 0.3) is 6.08 Å². The minimum absolute atomic E-state index is 0.233. The summed E-state index contributed by atoms with van der Waals surface area (Å²) in [4.78, 5) is 37.1. The summed E-state index contributed by atoms with van der Waals surface area (Å²) in [6.07, 6.45) is 1.56. The Kier molecular flexibility index (Phi) is 6.46. The van der Waals surface area contributed by atoms with Gasteiger partial charge in [-0.25, -0.2) is 9.69 Å². The summed E-state index contributed by atoms with van der Waals surface area (Å²) >= 11 is 6.93. The Balaban J connectivity index is 1.89. The number of imide groups is 1. The van der Waals surface area contributed by atoms with Crippen molar-refractivity contribution >= 4 is 52.2 Å². The number of rotatable bonds is 7. The van der Waals surface area contributed by atoms with Crippen molar-refractivity contribution in [2.75, 3.05) is 18.1 Å². The normalized spacial score (nSPS) is 15.1. The van der Waals surface area contributed by atoms with Crippen molar-refractivity contribution in [2.45, 2.75) is 6.92 Å². The lowest BCUT2D eigenvalue weighted by Crippen LogP contribution is -2.27. The van der Waals surface area contributed by atoms with Crippen LogP contribution in [-0.4, -0.2) is 35.4 Å². The molecule has 2 aromatic rings. The van der Waals surface area contributed by atoms with Gasteiger partial charge in [-0.1, -0.05) is 29.8 Å². The molecule has 1 heterocycles. The van der Waals surface area contributed by atoms with Crippen molar-refractivity contribution in [3.63, 3.8) is 0 Å². The number of carboxylic acids is 1. The molecule has 0 saturated carbocycles. The summed E-state index contributed by atoms with van der Waals surface area (Å²) < 4.78 is 10.7. The third-order valence-corrected chi connectivity index (χ3v) is 4.99. The van der Waals surface area contributed by atoms with Crippen molar-refractivity contribution in [2.24, 2.45) is 0 Å². The van der Waals surface area contributed by atoms with Gasteiger partial charge in [-0.05, 0) is 54.6 Å². The van der Waals surface area contributed by atoms with Gasteiger partial charge >= 0.3 is 5.97 Å². The fourth-order valence-electron chi connectivity index (χ4n) is 2.60. The monoisotopic (exact) mass is 433 g/mol. The smallest absolute Gasteiger partial charge is 0.341 e. The predicted octanol–water partition coefficient (Wildman–Crippen LogP) is 4.44. The molecule has 0 spiro atoms. The minimum Gasteiger partial charge on any atom is -0.490 e. The molecule has 1 saturated heterocycles. The van der Waals surface area contributed by atoms with Crippen molar-refractivity contribution < 1.29 is 29.0 Å². The first-order valence-corrected chi connectivity index (χ1v) is 9.74. The lowest BCUT2D eigenvalue weighted by atomic mass is 10.1. The highest BCUT2D eigenvalue weighted by molar-refractivity contribution is 8.19. The van der Waals surface area contributed by atoms with E-state index in [9.17, 15) is 14.4 Å². The number of hydrogen-bond acceptors (Lipinski definition) is 6. The number of ether oxygens (including phenoxy) is 2. The van der Waals surface area contributed by atoms with Crippen molar-refractivity contribution in [3.8, 4) is 11.5 Å². The van der Waals surface area contributed by atoms with Gasteiger partial charge in [-0.3, -0.25) is 9.59 Å². The number of aliphatic carboxylic acids is 1. The average molecular weight is 434 g/mol. The van der Waals surface area contributed by atoms with E-state index in [-0.39, 0.29) is 10.7 Å². The predicted molar refractivity (Wildman–Crippen MR) is 111 cm³/mol. The number of carbonyl (C=O) groups excluding carboxylic acids is 2. The molecule has 0 unspecified atom stereocenters. The van der Waals surface area contributed by atoms with E-state index in [0.29, 0.717) is 28.6 Å². The largest absolute Gasteiger partial charge is 0.490 e. The van der Waals surface area contributed by atoms with E-state index in [1.165, 1.54) is 0 Å². The summed E-state index contributed by atoms with van der Waals surface area (Å²) in [5, 5.41) is 8.63. The van der Waals surface area contributed by atoms with Crippen molar-refractivity contribution in [1.29, 1.82) is 0 Å². The second-order valence-corrected chi connectivity index (χ2v) is 7.19. The maximum absolute atomic E-state index is 12.8. The van der Waals surface area contributed by atoms with Crippen LogP contribution in [0.4, 0.5) is 10.5 Å². The molecule has 0 bridgehead atoms. The summed E-state index contributed by atoms with van der Waals surface area (Å²) in [5.74, 6) is -0.967. The molecule has 9 heteroatoms. The number of halogens is 1. The molecule has 1 N–H and O–H groups in total. The Bertz CT molecular complexity index is 1010. The lowest BCUT2D eigenvalue weighted by molar-refractivity contribution is -0.139. The topological polar surface area (TPSA) is 93.1 Å². The molecule has 1 aliphatic heterocycles. The first-order chi connectivity index (χ1) is 13.9. The molecular formula is C20H16ClNO6S. The number of carbonyl (C=O) groups is 3. The molecule has 2 aromatic carbocycles. The van der Waals surface area contributed by atoms with Crippen LogP contribution >= 0.6 is 23.4 Å². The molecular weight excluding hydrogens is 418 g/mol. The lowest BCUT2D eigenvalue weighted by Gasteiger charge is -2.13. The van der Waals surface area contributed by atoms with Gasteiger partial charge in [0, 0.05) is 0 Å². The molecule has 1 aliphatic rings. The van der Waals surface area contributed by atoms with E-state index in [1.54, 1.807) is 55.5 Å². The third-order valence-electron chi connectivity index (χ3n) is 3.80. The molecule has 1 fully saturated rings. The first-order valence-electron chi connectivity index (χ1n) is 8.54. The Labute approximate surface area is 175 Å². The second kappa shape index (κ2) is 9.02. The number of para-hydroxylation sites is 1. The van der Waals surface area contributed by atoms with Gasteiger partial charge in [-0.2, -0.15) is 0 Å². The molecule has 0 atom stereocenters. The molecule has 3 rings (SSSR count). The van der Waals surface area contributed by atoms with E-state index < -0.39 is 23.7 Å². The number of benzene rings is 2. The average Bonchev–Trinajstić information content (AvgIpc) is 2.95. The van der Waals surface area contributed by atoms with Gasteiger partial charge < -0.3 is 14.6 Å². The van der Waals surface area contributed by atoms with Crippen LogP contribution in [0.2, 0.25) is 5.02 Å². The summed E-state index contributed by atoms with van der Waals surface area (Å²) in [6.45, 7) is 1.62. The Hall–Kier alpha value is -2.97. The Morgan fingerprint density at radius 2 is 1.93 bits per heavy atom. The Morgan fingerprint density at radius 1 is 1.17 bits per heavy atom. The van der Waals surface area contributed by atoms with E-state index in [2.05, 4.69) is 0 Å². The SMILES string of the molecule is CCOc1cc(/C=C2/SC(=O)N(c3ccccc3Cl)C2=O)ccc1OCC(=O)O. The number of anilines is 1. The van der Waals surface area contributed by atoms with Crippen molar-refractivity contribution in [3.05, 3.63) is 58.0 Å². The van der Waals surface area contributed by atoms with Gasteiger partial charge in [0.25, 0.3) is 11.1 Å². The summed E-state index contributed by atoms with van der Waals surface area (Å²) in [6, 6.07) is 11.4. The van der Waals surface area contributed by atoms with Gasteiger partial charge in [0.1, 0.15) is 0 Å². The fraction of sp³-hybridized carbons (Fsp3) is 0.150. The van der Waals surface area contributed by atoms with E-state index in [4.69, 9.17) is 26.2 Å². The minimum atomic E-state index is -1.11. The highest BCUT2D eigenvalue weighted by Gasteiger charge is 2.37. The molecule has 150 valence electrons. The van der Waals surface area contributed by atoms with Gasteiger partial charge in [-0.15, -0.1) is 0 Å². The molecule has 0 radical (unpaired) electrons. The zero-order valence-electron chi connectivity index (χ0n) is 15.3. The summed E-state index contributed by atoms with van der Waals surface area (Å²) in [7, 11) is 0. The molecule has 0 aliphatic carbocycles. The fourth-order valence-corrected chi connectivity index (χ4v) is 3.66. The van der Waals surface area contributed by atoms with Crippen LogP contribution in [-0.2, 0) is 9.59 Å². The van der Waals surface area contributed by atoms with Crippen LogP contribution in [0.15, 0.2) is 47.4 Å². The van der Waals surface area contributed by atoms with Crippen LogP contribution in [0.3, 0.4) is 0 Å². The van der Waals surface area contributed by atoms with Crippen LogP contribution in [0.1, 0.15) is 12.5 Å². The number of hydrogen-bond donors (Lipinski definition) is 1. The van der Waals surface area contributed by atoms with E-state index >= 15 is 0 Å².